The largest absolute Gasteiger partial charge is 2.00 e. The van der Waals surface area contributed by atoms with Crippen LogP contribution in [0.5, 0.6) is 0 Å². The number of halogens is 1. The Morgan fingerprint density at radius 3 is 2.00 bits per heavy atom. The van der Waals surface area contributed by atoms with Crippen LogP contribution in [0.15, 0.2) is 12.2 Å². The van der Waals surface area contributed by atoms with Crippen molar-refractivity contribution in [2.45, 2.75) is 6.92 Å². The fourth-order valence-electron chi connectivity index (χ4n) is 0. The quantitative estimate of drug-likeness (QED) is 0.265. The fraction of sp³-hybridized carbons (Fsp3) is 0.500. The molecule has 0 radical (unpaired) electrons. The first-order chi connectivity index (χ1) is 2.27. The van der Waals surface area contributed by atoms with Gasteiger partial charge in [-0.1, -0.05) is 34.7 Å². The van der Waals surface area contributed by atoms with Crippen LogP contribution in [0.3, 0.4) is 0 Å². The van der Waals surface area contributed by atoms with E-state index in [0.29, 0.717) is 0 Å². The normalized spacial score (nSPS) is 6.33. The van der Waals surface area contributed by atoms with Gasteiger partial charge in [-0.05, 0) is 6.92 Å². The predicted octanol–water partition coefficient (Wildman–Crippen LogP) is 1.62. The average Bonchev–Trinajstić information content (AvgIpc) is 1.38. The van der Waals surface area contributed by atoms with E-state index < -0.39 is 0 Å². The van der Waals surface area contributed by atoms with Gasteiger partial charge in [-0.3, -0.25) is 0 Å². The van der Waals surface area contributed by atoms with E-state index in [0.717, 1.165) is 4.43 Å². The second-order valence-electron chi connectivity index (χ2n) is 1.09. The van der Waals surface area contributed by atoms with Crippen molar-refractivity contribution < 1.29 is 0 Å². The minimum absolute atomic E-state index is 0. The van der Waals surface area contributed by atoms with Crippen LogP contribution in [0.1, 0.15) is 6.92 Å². The van der Waals surface area contributed by atoms with Gasteiger partial charge in [0, 0.05) is 4.43 Å². The molecular weight excluding hydrogens is 199 g/mol. The maximum Gasteiger partial charge on any atom is 2.00 e. The molecule has 0 aromatic carbocycles. The van der Waals surface area contributed by atoms with Crippen LogP contribution >= 0.6 is 22.6 Å². The van der Waals surface area contributed by atoms with Crippen LogP contribution in [0, 0.1) is 0 Å². The number of alkyl halides is 1. The first-order valence-corrected chi connectivity index (χ1v) is 3.00. The Bertz CT molecular complexity index is 42.8. The maximum absolute atomic E-state index is 3.67. The molecule has 0 bridgehead atoms. The van der Waals surface area contributed by atoms with E-state index >= 15 is 0 Å². The number of allylic oxidation sites excluding steroid dienone is 1. The summed E-state index contributed by atoms with van der Waals surface area (Å²) in [5.74, 6) is 0. The average molecular weight is 206 g/mol. The van der Waals surface area contributed by atoms with Gasteiger partial charge in [-0.2, -0.15) is 0 Å². The zero-order valence-electron chi connectivity index (χ0n) is 4.00. The summed E-state index contributed by atoms with van der Waals surface area (Å²) in [7, 11) is 0. The molecule has 0 atom stereocenters. The van der Waals surface area contributed by atoms with Crippen molar-refractivity contribution in [1.82, 2.24) is 0 Å². The molecule has 0 N–H and O–H groups in total. The molecule has 30 valence electrons. The van der Waals surface area contributed by atoms with Crippen molar-refractivity contribution in [3.63, 3.8) is 0 Å². The van der Waals surface area contributed by atoms with Crippen molar-refractivity contribution in [2.24, 2.45) is 0 Å². The molecule has 0 aliphatic rings. The molecular formula is C4H7IMg+2. The Hall–Kier alpha value is 1.24. The van der Waals surface area contributed by atoms with Crippen LogP contribution in [-0.2, 0) is 0 Å². The third kappa shape index (κ3) is 8.97. The van der Waals surface area contributed by atoms with E-state index in [1.165, 1.54) is 5.57 Å². The number of rotatable bonds is 1. The van der Waals surface area contributed by atoms with Crippen molar-refractivity contribution >= 4 is 45.6 Å². The molecule has 2 heteroatoms. The third-order valence-corrected chi connectivity index (χ3v) is 1.53. The topological polar surface area (TPSA) is 0 Å². The van der Waals surface area contributed by atoms with E-state index in [4.69, 9.17) is 0 Å². The van der Waals surface area contributed by atoms with Crippen LogP contribution in [0.2, 0.25) is 0 Å². The van der Waals surface area contributed by atoms with E-state index in [-0.39, 0.29) is 23.1 Å². The molecule has 0 fully saturated rings. The predicted molar refractivity (Wildman–Crippen MR) is 39.5 cm³/mol. The van der Waals surface area contributed by atoms with E-state index in [1.54, 1.807) is 0 Å². The second-order valence-corrected chi connectivity index (χ2v) is 1.85. The first kappa shape index (κ1) is 10.3. The van der Waals surface area contributed by atoms with Crippen LogP contribution in [0.4, 0.5) is 0 Å². The van der Waals surface area contributed by atoms with Gasteiger partial charge in [0.2, 0.25) is 0 Å². The molecule has 6 heavy (non-hydrogen) atoms. The molecule has 0 unspecified atom stereocenters. The van der Waals surface area contributed by atoms with Gasteiger partial charge < -0.3 is 0 Å². The summed E-state index contributed by atoms with van der Waals surface area (Å²) in [6.07, 6.45) is 0. The van der Waals surface area contributed by atoms with Gasteiger partial charge in [0.05, 0.1) is 0 Å². The van der Waals surface area contributed by atoms with Gasteiger partial charge in [-0.15, -0.1) is 0 Å². The van der Waals surface area contributed by atoms with E-state index in [9.17, 15) is 0 Å². The van der Waals surface area contributed by atoms with Gasteiger partial charge >= 0.3 is 23.1 Å². The summed E-state index contributed by atoms with van der Waals surface area (Å²) in [6, 6.07) is 0. The van der Waals surface area contributed by atoms with Gasteiger partial charge in [0.25, 0.3) is 0 Å². The standard InChI is InChI=1S/C4H7I.Mg/c1-4(2)3-5;/h1,3H2,2H3;/q;+2. The minimum atomic E-state index is 0. The van der Waals surface area contributed by atoms with Crippen LogP contribution in [-0.4, -0.2) is 27.5 Å². The fourth-order valence-corrected chi connectivity index (χ4v) is 0. The summed E-state index contributed by atoms with van der Waals surface area (Å²) in [5.41, 5.74) is 1.24. The molecule has 0 aromatic rings. The number of hydrogen-bond acceptors (Lipinski definition) is 0. The minimum Gasteiger partial charge on any atom is -0.0994 e. The number of hydrogen-bond donors (Lipinski definition) is 0. The molecule has 0 saturated carbocycles. The summed E-state index contributed by atoms with van der Waals surface area (Å²) in [6.45, 7) is 5.69. The Morgan fingerprint density at radius 2 is 2.00 bits per heavy atom. The molecule has 0 aromatic heterocycles. The van der Waals surface area contributed by atoms with Gasteiger partial charge in [0.1, 0.15) is 0 Å². The second kappa shape index (κ2) is 6.24. The first-order valence-electron chi connectivity index (χ1n) is 1.47. The Morgan fingerprint density at radius 1 is 1.83 bits per heavy atom. The van der Waals surface area contributed by atoms with Crippen LogP contribution < -0.4 is 0 Å². The van der Waals surface area contributed by atoms with E-state index in [1.807, 2.05) is 6.92 Å². The van der Waals surface area contributed by atoms with Gasteiger partial charge in [-0.25, -0.2) is 0 Å². The zero-order valence-corrected chi connectivity index (χ0v) is 7.57. The van der Waals surface area contributed by atoms with Gasteiger partial charge in [0.15, 0.2) is 0 Å². The summed E-state index contributed by atoms with van der Waals surface area (Å²) < 4.78 is 1.08. The van der Waals surface area contributed by atoms with E-state index in [2.05, 4.69) is 29.2 Å². The van der Waals surface area contributed by atoms with Crippen molar-refractivity contribution in [1.29, 1.82) is 0 Å². The Labute approximate surface area is 68.7 Å². The molecule has 0 heterocycles. The molecule has 0 rings (SSSR count). The molecule has 0 aliphatic heterocycles. The summed E-state index contributed by atoms with van der Waals surface area (Å²) in [5, 5.41) is 0. The molecule has 0 saturated heterocycles. The molecule has 0 amide bonds. The zero-order chi connectivity index (χ0) is 4.28. The summed E-state index contributed by atoms with van der Waals surface area (Å²) >= 11 is 2.28. The SMILES string of the molecule is C=C(C)CI.[Mg+2]. The summed E-state index contributed by atoms with van der Waals surface area (Å²) in [4.78, 5) is 0. The third-order valence-electron chi connectivity index (χ3n) is 0.228. The van der Waals surface area contributed by atoms with Crippen molar-refractivity contribution in [3.8, 4) is 0 Å². The maximum atomic E-state index is 3.67. The Kier molecular flexibility index (Phi) is 10.7. The monoisotopic (exact) mass is 206 g/mol. The van der Waals surface area contributed by atoms with Crippen molar-refractivity contribution in [2.75, 3.05) is 4.43 Å². The molecule has 0 aliphatic carbocycles. The molecule has 0 nitrogen and oxygen atoms in total. The smallest absolute Gasteiger partial charge is 0.0994 e. The van der Waals surface area contributed by atoms with Crippen molar-refractivity contribution in [3.05, 3.63) is 12.2 Å². The Balaban J connectivity index is 0. The molecule has 0 spiro atoms. The van der Waals surface area contributed by atoms with Crippen LogP contribution in [0.25, 0.3) is 0 Å².